The van der Waals surface area contributed by atoms with Crippen LogP contribution in [0.4, 0.5) is 4.79 Å². The SMILES string of the molecule is O=C(NNCCc1ccccc1)OCCCl. The highest BCUT2D eigenvalue weighted by molar-refractivity contribution is 6.18. The van der Waals surface area contributed by atoms with Gasteiger partial charge in [-0.05, 0) is 12.0 Å². The van der Waals surface area contributed by atoms with Gasteiger partial charge in [-0.2, -0.15) is 0 Å². The summed E-state index contributed by atoms with van der Waals surface area (Å²) in [5, 5.41) is 0. The number of carbonyl (C=O) groups excluding carboxylic acids is 1. The molecule has 16 heavy (non-hydrogen) atoms. The van der Waals surface area contributed by atoms with Crippen molar-refractivity contribution in [2.75, 3.05) is 19.0 Å². The Labute approximate surface area is 99.9 Å². The number of alkyl halides is 1. The van der Waals surface area contributed by atoms with E-state index in [4.69, 9.17) is 16.3 Å². The minimum atomic E-state index is -0.506. The molecule has 2 N–H and O–H groups in total. The number of benzene rings is 1. The van der Waals surface area contributed by atoms with Gasteiger partial charge in [-0.15, -0.1) is 11.6 Å². The van der Waals surface area contributed by atoms with Gasteiger partial charge in [0.05, 0.1) is 5.88 Å². The van der Waals surface area contributed by atoms with Crippen LogP contribution in [0.3, 0.4) is 0 Å². The van der Waals surface area contributed by atoms with Crippen LogP contribution in [0, 0.1) is 0 Å². The van der Waals surface area contributed by atoms with Crippen molar-refractivity contribution < 1.29 is 9.53 Å². The van der Waals surface area contributed by atoms with Crippen molar-refractivity contribution in [1.82, 2.24) is 10.9 Å². The average molecular weight is 243 g/mol. The van der Waals surface area contributed by atoms with Crippen LogP contribution >= 0.6 is 11.6 Å². The Morgan fingerprint density at radius 3 is 2.75 bits per heavy atom. The van der Waals surface area contributed by atoms with E-state index in [-0.39, 0.29) is 6.61 Å². The number of halogens is 1. The summed E-state index contributed by atoms with van der Waals surface area (Å²) in [7, 11) is 0. The van der Waals surface area contributed by atoms with Gasteiger partial charge in [-0.3, -0.25) is 5.43 Å². The van der Waals surface area contributed by atoms with Crippen molar-refractivity contribution >= 4 is 17.7 Å². The summed E-state index contributed by atoms with van der Waals surface area (Å²) in [6, 6.07) is 10.0. The number of hydrogen-bond acceptors (Lipinski definition) is 3. The van der Waals surface area contributed by atoms with Crippen molar-refractivity contribution in [2.45, 2.75) is 6.42 Å². The average Bonchev–Trinajstić information content (AvgIpc) is 2.33. The maximum Gasteiger partial charge on any atom is 0.421 e. The zero-order valence-electron chi connectivity index (χ0n) is 8.91. The quantitative estimate of drug-likeness (QED) is 0.454. The number of rotatable bonds is 6. The molecule has 0 unspecified atom stereocenters. The maximum absolute atomic E-state index is 11.0. The number of hydrazine groups is 1. The molecule has 1 aromatic carbocycles. The van der Waals surface area contributed by atoms with Crippen LogP contribution in [-0.2, 0) is 11.2 Å². The van der Waals surface area contributed by atoms with Crippen LogP contribution in [-0.4, -0.2) is 25.1 Å². The fourth-order valence-corrected chi connectivity index (χ4v) is 1.23. The van der Waals surface area contributed by atoms with Gasteiger partial charge in [-0.1, -0.05) is 30.3 Å². The van der Waals surface area contributed by atoms with Crippen molar-refractivity contribution in [3.05, 3.63) is 35.9 Å². The minimum Gasteiger partial charge on any atom is -0.447 e. The Morgan fingerprint density at radius 2 is 2.06 bits per heavy atom. The number of nitrogens with one attached hydrogen (secondary N) is 2. The molecule has 0 bridgehead atoms. The fraction of sp³-hybridized carbons (Fsp3) is 0.364. The van der Waals surface area contributed by atoms with E-state index in [0.717, 1.165) is 6.42 Å². The number of amides is 1. The second-order valence-electron chi connectivity index (χ2n) is 3.11. The summed E-state index contributed by atoms with van der Waals surface area (Å²) < 4.78 is 4.70. The molecule has 1 amide bonds. The summed E-state index contributed by atoms with van der Waals surface area (Å²) in [6.45, 7) is 0.869. The zero-order chi connectivity index (χ0) is 11.6. The molecule has 0 aromatic heterocycles. The van der Waals surface area contributed by atoms with Gasteiger partial charge in [0.2, 0.25) is 0 Å². The van der Waals surface area contributed by atoms with Gasteiger partial charge in [0.15, 0.2) is 0 Å². The highest BCUT2D eigenvalue weighted by atomic mass is 35.5. The van der Waals surface area contributed by atoms with Crippen LogP contribution in [0.1, 0.15) is 5.56 Å². The van der Waals surface area contributed by atoms with Crippen molar-refractivity contribution in [1.29, 1.82) is 0 Å². The number of carbonyl (C=O) groups is 1. The summed E-state index contributed by atoms with van der Waals surface area (Å²) >= 11 is 5.36. The summed E-state index contributed by atoms with van der Waals surface area (Å²) in [6.07, 6.45) is 0.338. The molecule has 0 saturated carbocycles. The third kappa shape index (κ3) is 5.58. The van der Waals surface area contributed by atoms with E-state index in [1.165, 1.54) is 5.56 Å². The molecule has 0 saturated heterocycles. The van der Waals surface area contributed by atoms with E-state index in [0.29, 0.717) is 12.4 Å². The van der Waals surface area contributed by atoms with Crippen molar-refractivity contribution in [3.8, 4) is 0 Å². The first-order valence-corrected chi connectivity index (χ1v) is 5.62. The van der Waals surface area contributed by atoms with Gasteiger partial charge >= 0.3 is 6.09 Å². The third-order valence-corrected chi connectivity index (χ3v) is 2.04. The van der Waals surface area contributed by atoms with Crippen LogP contribution in [0.15, 0.2) is 30.3 Å². The molecular weight excluding hydrogens is 228 g/mol. The van der Waals surface area contributed by atoms with E-state index in [1.54, 1.807) is 0 Å². The molecule has 0 aliphatic carbocycles. The van der Waals surface area contributed by atoms with Crippen molar-refractivity contribution in [2.24, 2.45) is 0 Å². The molecule has 0 fully saturated rings. The molecule has 0 spiro atoms. The first-order valence-electron chi connectivity index (χ1n) is 5.08. The van der Waals surface area contributed by atoms with E-state index in [2.05, 4.69) is 10.9 Å². The van der Waals surface area contributed by atoms with Crippen LogP contribution in [0.2, 0.25) is 0 Å². The molecule has 5 heteroatoms. The molecule has 0 aliphatic heterocycles. The van der Waals surface area contributed by atoms with Gasteiger partial charge in [0, 0.05) is 6.54 Å². The zero-order valence-corrected chi connectivity index (χ0v) is 9.67. The van der Waals surface area contributed by atoms with Gasteiger partial charge in [0.25, 0.3) is 0 Å². The lowest BCUT2D eigenvalue weighted by Gasteiger charge is -2.07. The lowest BCUT2D eigenvalue weighted by atomic mass is 10.2. The largest absolute Gasteiger partial charge is 0.447 e. The van der Waals surface area contributed by atoms with Crippen LogP contribution < -0.4 is 10.9 Å². The first kappa shape index (κ1) is 12.8. The Balaban J connectivity index is 2.06. The molecule has 88 valence electrons. The molecule has 0 heterocycles. The highest BCUT2D eigenvalue weighted by Gasteiger charge is 1.98. The maximum atomic E-state index is 11.0. The third-order valence-electron chi connectivity index (χ3n) is 1.88. The molecular formula is C11H15ClN2O2. The lowest BCUT2D eigenvalue weighted by Crippen LogP contribution is -2.39. The molecule has 4 nitrogen and oxygen atoms in total. The topological polar surface area (TPSA) is 50.4 Å². The Morgan fingerprint density at radius 1 is 1.31 bits per heavy atom. The predicted molar refractivity (Wildman–Crippen MR) is 63.4 cm³/mol. The molecule has 0 atom stereocenters. The van der Waals surface area contributed by atoms with E-state index in [1.807, 2.05) is 30.3 Å². The summed E-state index contributed by atoms with van der Waals surface area (Å²) in [4.78, 5) is 11.0. The van der Waals surface area contributed by atoms with Crippen LogP contribution in [0.5, 0.6) is 0 Å². The number of hydrogen-bond donors (Lipinski definition) is 2. The summed E-state index contributed by atoms with van der Waals surface area (Å²) in [5.74, 6) is 0.303. The fourth-order valence-electron chi connectivity index (χ4n) is 1.15. The molecule has 1 rings (SSSR count). The molecule has 1 aromatic rings. The first-order chi connectivity index (χ1) is 7.83. The monoisotopic (exact) mass is 242 g/mol. The van der Waals surface area contributed by atoms with Crippen molar-refractivity contribution in [3.63, 3.8) is 0 Å². The Bertz CT molecular complexity index is 306. The number of ether oxygens (including phenoxy) is 1. The Hall–Kier alpha value is -1.26. The van der Waals surface area contributed by atoms with Crippen LogP contribution in [0.25, 0.3) is 0 Å². The van der Waals surface area contributed by atoms with Gasteiger partial charge in [-0.25, -0.2) is 10.2 Å². The molecule has 0 aliphatic rings. The van der Waals surface area contributed by atoms with E-state index >= 15 is 0 Å². The van der Waals surface area contributed by atoms with Gasteiger partial charge in [0.1, 0.15) is 6.61 Å². The normalized spacial score (nSPS) is 9.81. The predicted octanol–water partition coefficient (Wildman–Crippen LogP) is 1.70. The van der Waals surface area contributed by atoms with E-state index in [9.17, 15) is 4.79 Å². The highest BCUT2D eigenvalue weighted by Crippen LogP contribution is 1.97. The minimum absolute atomic E-state index is 0.216. The second-order valence-corrected chi connectivity index (χ2v) is 3.49. The van der Waals surface area contributed by atoms with E-state index < -0.39 is 6.09 Å². The molecule has 0 radical (unpaired) electrons. The summed E-state index contributed by atoms with van der Waals surface area (Å²) in [5.41, 5.74) is 6.41. The standard InChI is InChI=1S/C11H15ClN2O2/c12-7-9-16-11(15)14-13-8-6-10-4-2-1-3-5-10/h1-5,13H,6-9H2,(H,14,15). The second kappa shape index (κ2) is 7.96. The van der Waals surface area contributed by atoms with Gasteiger partial charge < -0.3 is 4.74 Å². The lowest BCUT2D eigenvalue weighted by molar-refractivity contribution is 0.148. The smallest absolute Gasteiger partial charge is 0.421 e. The Kier molecular flexibility index (Phi) is 6.37.